The van der Waals surface area contributed by atoms with E-state index in [9.17, 15) is 9.59 Å². The van der Waals surface area contributed by atoms with Crippen molar-refractivity contribution in [3.8, 4) is 5.75 Å². The summed E-state index contributed by atoms with van der Waals surface area (Å²) in [5.41, 5.74) is 2.19. The van der Waals surface area contributed by atoms with Gasteiger partial charge in [-0.15, -0.1) is 0 Å². The molecule has 1 aromatic heterocycles. The zero-order valence-electron chi connectivity index (χ0n) is 18.1. The largest absolute Gasteiger partial charge is 0.489 e. The van der Waals surface area contributed by atoms with Crippen molar-refractivity contribution in [1.82, 2.24) is 4.57 Å². The number of rotatable bonds is 6. The summed E-state index contributed by atoms with van der Waals surface area (Å²) in [6, 6.07) is 14.4. The van der Waals surface area contributed by atoms with E-state index in [4.69, 9.17) is 9.47 Å². The third kappa shape index (κ3) is 4.49. The summed E-state index contributed by atoms with van der Waals surface area (Å²) in [7, 11) is 1.33. The lowest BCUT2D eigenvalue weighted by molar-refractivity contribution is -0.136. The van der Waals surface area contributed by atoms with Crippen LogP contribution in [0.2, 0.25) is 0 Å². The van der Waals surface area contributed by atoms with E-state index < -0.39 is 12.0 Å². The second-order valence-corrected chi connectivity index (χ2v) is 9.19. The third-order valence-electron chi connectivity index (χ3n) is 5.16. The van der Waals surface area contributed by atoms with Crippen LogP contribution in [0.5, 0.6) is 5.75 Å². The van der Waals surface area contributed by atoms with Gasteiger partial charge < -0.3 is 9.47 Å². The number of benzene rings is 2. The molecule has 0 bridgehead atoms. The molecule has 2 aromatic carbocycles. The van der Waals surface area contributed by atoms with Gasteiger partial charge in [0.05, 0.1) is 29.0 Å². The number of ether oxygens (including phenoxy) is 2. The van der Waals surface area contributed by atoms with Crippen LogP contribution in [0.15, 0.2) is 86.7 Å². The van der Waals surface area contributed by atoms with Gasteiger partial charge in [0, 0.05) is 10.0 Å². The fourth-order valence-electron chi connectivity index (χ4n) is 3.70. The van der Waals surface area contributed by atoms with Gasteiger partial charge in [-0.05, 0) is 36.8 Å². The van der Waals surface area contributed by atoms with Gasteiger partial charge in [-0.2, -0.15) is 0 Å². The van der Waals surface area contributed by atoms with Crippen LogP contribution in [0.1, 0.15) is 24.1 Å². The van der Waals surface area contributed by atoms with E-state index in [-0.39, 0.29) is 5.56 Å². The highest BCUT2D eigenvalue weighted by molar-refractivity contribution is 9.10. The minimum atomic E-state index is -0.629. The summed E-state index contributed by atoms with van der Waals surface area (Å²) >= 11 is 4.75. The highest BCUT2D eigenvalue weighted by atomic mass is 79.9. The van der Waals surface area contributed by atoms with Gasteiger partial charge >= 0.3 is 5.97 Å². The molecule has 8 heteroatoms. The number of esters is 1. The average molecular weight is 525 g/mol. The first-order chi connectivity index (χ1) is 15.9. The Hall–Kier alpha value is -3.23. The first kappa shape index (κ1) is 22.9. The molecule has 1 aliphatic rings. The molecule has 6 nitrogen and oxygen atoms in total. The van der Waals surface area contributed by atoms with Crippen LogP contribution in [-0.4, -0.2) is 24.3 Å². The van der Waals surface area contributed by atoms with Gasteiger partial charge in [0.15, 0.2) is 4.80 Å². The Bertz CT molecular complexity index is 1440. The molecule has 0 radical (unpaired) electrons. The van der Waals surface area contributed by atoms with Crippen LogP contribution in [0.25, 0.3) is 6.08 Å². The minimum Gasteiger partial charge on any atom is -0.489 e. The predicted octanol–water partition coefficient (Wildman–Crippen LogP) is 3.74. The van der Waals surface area contributed by atoms with Crippen molar-refractivity contribution < 1.29 is 14.3 Å². The lowest BCUT2D eigenvalue weighted by atomic mass is 9.96. The van der Waals surface area contributed by atoms with E-state index in [1.807, 2.05) is 48.5 Å². The Kier molecular flexibility index (Phi) is 6.76. The summed E-state index contributed by atoms with van der Waals surface area (Å²) in [4.78, 5) is 31.4. The van der Waals surface area contributed by atoms with Gasteiger partial charge in [0.2, 0.25) is 0 Å². The topological polar surface area (TPSA) is 69.9 Å². The summed E-state index contributed by atoms with van der Waals surface area (Å²) in [5, 5.41) is 0. The predicted molar refractivity (Wildman–Crippen MR) is 132 cm³/mol. The SMILES string of the molecule is C=CCOc1ccc(Br)cc1C=c1sc2n(c1=O)C(c1ccccc1)C(C(=O)OC)=C(C)N=2. The molecule has 1 atom stereocenters. The summed E-state index contributed by atoms with van der Waals surface area (Å²) in [6.45, 7) is 5.79. The summed E-state index contributed by atoms with van der Waals surface area (Å²) in [5.74, 6) is 0.126. The second kappa shape index (κ2) is 9.72. The highest BCUT2D eigenvalue weighted by Gasteiger charge is 2.32. The number of hydrogen-bond acceptors (Lipinski definition) is 6. The number of allylic oxidation sites excluding steroid dienone is 1. The Balaban J connectivity index is 1.95. The number of hydrogen-bond donors (Lipinski definition) is 0. The van der Waals surface area contributed by atoms with Gasteiger partial charge in [-0.1, -0.05) is 70.3 Å². The highest BCUT2D eigenvalue weighted by Crippen LogP contribution is 2.30. The number of carbonyl (C=O) groups excluding carboxylic acids is 1. The van der Waals surface area contributed by atoms with Crippen LogP contribution in [-0.2, 0) is 9.53 Å². The number of fused-ring (bicyclic) bond motifs is 1. The zero-order valence-corrected chi connectivity index (χ0v) is 20.5. The molecule has 0 saturated heterocycles. The maximum absolute atomic E-state index is 13.6. The van der Waals surface area contributed by atoms with Crippen LogP contribution in [0, 0.1) is 0 Å². The van der Waals surface area contributed by atoms with Crippen LogP contribution < -0.4 is 19.6 Å². The first-order valence-electron chi connectivity index (χ1n) is 10.1. The van der Waals surface area contributed by atoms with E-state index in [1.54, 1.807) is 23.6 Å². The maximum Gasteiger partial charge on any atom is 0.338 e. The smallest absolute Gasteiger partial charge is 0.338 e. The molecule has 0 saturated carbocycles. The molecular weight excluding hydrogens is 504 g/mol. The summed E-state index contributed by atoms with van der Waals surface area (Å²) < 4.78 is 13.7. The van der Waals surface area contributed by atoms with Crippen LogP contribution in [0.3, 0.4) is 0 Å². The average Bonchev–Trinajstić information content (AvgIpc) is 3.12. The van der Waals surface area contributed by atoms with Gasteiger partial charge in [-0.25, -0.2) is 9.79 Å². The molecule has 3 aromatic rings. The third-order valence-corrected chi connectivity index (χ3v) is 6.63. The fraction of sp³-hybridized carbons (Fsp3) is 0.160. The Labute approximate surface area is 203 Å². The Morgan fingerprint density at radius 2 is 2.03 bits per heavy atom. The number of nitrogens with zero attached hydrogens (tertiary/aromatic N) is 2. The number of aromatic nitrogens is 1. The molecule has 4 rings (SSSR count). The quantitative estimate of drug-likeness (QED) is 0.363. The lowest BCUT2D eigenvalue weighted by Crippen LogP contribution is -2.39. The molecule has 2 heterocycles. The molecular formula is C25H21BrN2O4S. The summed E-state index contributed by atoms with van der Waals surface area (Å²) in [6.07, 6.45) is 3.45. The molecule has 0 fully saturated rings. The first-order valence-corrected chi connectivity index (χ1v) is 11.7. The molecule has 168 valence electrons. The maximum atomic E-state index is 13.6. The number of methoxy groups -OCH3 is 1. The Morgan fingerprint density at radius 1 is 1.27 bits per heavy atom. The normalized spacial score (nSPS) is 15.6. The van der Waals surface area contributed by atoms with E-state index >= 15 is 0 Å². The Morgan fingerprint density at radius 3 is 2.73 bits per heavy atom. The molecule has 1 aliphatic heterocycles. The van der Waals surface area contributed by atoms with Gasteiger partial charge in [0.1, 0.15) is 12.4 Å². The van der Waals surface area contributed by atoms with E-state index in [0.717, 1.165) is 15.6 Å². The van der Waals surface area contributed by atoms with Crippen molar-refractivity contribution >= 4 is 39.3 Å². The molecule has 33 heavy (non-hydrogen) atoms. The van der Waals surface area contributed by atoms with Crippen molar-refractivity contribution in [2.75, 3.05) is 13.7 Å². The fourth-order valence-corrected chi connectivity index (χ4v) is 5.11. The molecule has 1 unspecified atom stereocenters. The van der Waals surface area contributed by atoms with E-state index in [1.165, 1.54) is 18.4 Å². The van der Waals surface area contributed by atoms with Gasteiger partial charge in [0.25, 0.3) is 5.56 Å². The van der Waals surface area contributed by atoms with Crippen molar-refractivity contribution in [2.45, 2.75) is 13.0 Å². The molecule has 0 aliphatic carbocycles. The van der Waals surface area contributed by atoms with Crippen molar-refractivity contribution in [1.29, 1.82) is 0 Å². The number of carbonyl (C=O) groups is 1. The van der Waals surface area contributed by atoms with Crippen LogP contribution in [0.4, 0.5) is 0 Å². The lowest BCUT2D eigenvalue weighted by Gasteiger charge is -2.24. The van der Waals surface area contributed by atoms with Crippen molar-refractivity contribution in [3.63, 3.8) is 0 Å². The standard InChI is InChI=1S/C25H21BrN2O4S/c1-4-12-32-19-11-10-18(26)13-17(19)14-20-23(29)28-22(16-8-6-5-7-9-16)21(24(30)31-3)15(2)27-25(28)33-20/h4-11,13-14,22H,1,12H2,2-3H3. The number of thiazole rings is 1. The van der Waals surface area contributed by atoms with Crippen molar-refractivity contribution in [3.05, 3.63) is 108 Å². The number of halogens is 1. The molecule has 0 amide bonds. The molecule has 0 N–H and O–H groups in total. The van der Waals surface area contributed by atoms with Gasteiger partial charge in [-0.3, -0.25) is 9.36 Å². The van der Waals surface area contributed by atoms with Crippen LogP contribution >= 0.6 is 27.3 Å². The molecule has 0 spiro atoms. The van der Waals surface area contributed by atoms with E-state index in [2.05, 4.69) is 27.5 Å². The van der Waals surface area contributed by atoms with E-state index in [0.29, 0.717) is 33.0 Å². The minimum absolute atomic E-state index is 0.240. The van der Waals surface area contributed by atoms with Crippen molar-refractivity contribution in [2.24, 2.45) is 4.99 Å². The monoisotopic (exact) mass is 524 g/mol. The zero-order chi connectivity index (χ0) is 23.5. The second-order valence-electron chi connectivity index (χ2n) is 7.27.